The van der Waals surface area contributed by atoms with Crippen LogP contribution >= 0.6 is 12.2 Å². The van der Waals surface area contributed by atoms with Gasteiger partial charge in [0.15, 0.2) is 5.11 Å². The molecule has 2 N–H and O–H groups in total. The molecule has 1 aliphatic carbocycles. The number of carbonyl (C=O) groups is 2. The number of nitrogens with zero attached hydrogens (tertiary/aromatic N) is 3. The minimum atomic E-state index is -0.854. The first-order valence-corrected chi connectivity index (χ1v) is 11.0. The lowest BCUT2D eigenvalue weighted by Gasteiger charge is -2.26. The first kappa shape index (κ1) is 24.7. The number of benzene rings is 2. The van der Waals surface area contributed by atoms with E-state index in [1.54, 1.807) is 31.3 Å². The van der Waals surface area contributed by atoms with E-state index in [1.807, 2.05) is 0 Å². The van der Waals surface area contributed by atoms with E-state index in [0.29, 0.717) is 11.3 Å². The van der Waals surface area contributed by atoms with Crippen LogP contribution in [-0.4, -0.2) is 39.9 Å². The highest BCUT2D eigenvalue weighted by Gasteiger charge is 2.23. The molecule has 0 aromatic heterocycles. The third-order valence-electron chi connectivity index (χ3n) is 5.56. The van der Waals surface area contributed by atoms with Crippen LogP contribution in [0.4, 0.5) is 17.1 Å². The van der Waals surface area contributed by atoms with E-state index in [1.165, 1.54) is 4.90 Å². The van der Waals surface area contributed by atoms with Gasteiger partial charge < -0.3 is 10.2 Å². The number of rotatable bonds is 6. The van der Waals surface area contributed by atoms with Crippen LogP contribution in [0, 0.1) is 20.2 Å². The lowest BCUT2D eigenvalue weighted by Crippen LogP contribution is -2.42. The van der Waals surface area contributed by atoms with Crippen molar-refractivity contribution < 1.29 is 19.4 Å². The normalized spacial score (nSPS) is 13.6. The van der Waals surface area contributed by atoms with E-state index < -0.39 is 27.1 Å². The van der Waals surface area contributed by atoms with Crippen molar-refractivity contribution in [3.8, 4) is 0 Å². The molecule has 0 saturated heterocycles. The number of hydrogen-bond donors (Lipinski definition) is 2. The molecule has 0 aliphatic heterocycles. The summed E-state index contributed by atoms with van der Waals surface area (Å²) in [6, 6.07) is 9.49. The van der Waals surface area contributed by atoms with Gasteiger partial charge >= 0.3 is 0 Å². The Morgan fingerprint density at radius 2 is 1.56 bits per heavy atom. The molecular weight excluding hydrogens is 462 g/mol. The number of nitro benzene ring substituents is 2. The molecule has 34 heavy (non-hydrogen) atoms. The maximum Gasteiger partial charge on any atom is 0.277 e. The van der Waals surface area contributed by atoms with Crippen LogP contribution in [0.5, 0.6) is 0 Å². The van der Waals surface area contributed by atoms with Gasteiger partial charge in [0.25, 0.3) is 23.2 Å². The number of nitrogens with one attached hydrogen (secondary N) is 2. The Bertz CT molecular complexity index is 1120. The molecule has 2 amide bonds. The second-order valence-corrected chi connectivity index (χ2v) is 8.28. The number of para-hydroxylation sites is 1. The van der Waals surface area contributed by atoms with Crippen molar-refractivity contribution in [3.63, 3.8) is 0 Å². The van der Waals surface area contributed by atoms with Crippen LogP contribution in [0.15, 0.2) is 42.5 Å². The van der Waals surface area contributed by atoms with Crippen LogP contribution in [0.25, 0.3) is 0 Å². The number of carbonyl (C=O) groups excluding carboxylic acids is 2. The number of hydrogen-bond acceptors (Lipinski definition) is 7. The molecule has 2 aromatic rings. The summed E-state index contributed by atoms with van der Waals surface area (Å²) >= 11 is 5.31. The summed E-state index contributed by atoms with van der Waals surface area (Å²) in [5.41, 5.74) is -0.657. The topological polar surface area (TPSA) is 148 Å². The molecule has 1 aliphatic rings. The Kier molecular flexibility index (Phi) is 7.84. The highest BCUT2D eigenvalue weighted by Crippen LogP contribution is 2.24. The first-order chi connectivity index (χ1) is 16.2. The fourth-order valence-corrected chi connectivity index (χ4v) is 3.96. The van der Waals surface area contributed by atoms with Gasteiger partial charge in [-0.3, -0.25) is 35.1 Å². The van der Waals surface area contributed by atoms with Crippen LogP contribution in [0.1, 0.15) is 52.8 Å². The second kappa shape index (κ2) is 10.8. The van der Waals surface area contributed by atoms with Crippen LogP contribution < -0.4 is 15.5 Å². The Morgan fingerprint density at radius 3 is 2.15 bits per heavy atom. The Balaban J connectivity index is 1.77. The van der Waals surface area contributed by atoms with Gasteiger partial charge in [0.05, 0.1) is 32.7 Å². The number of thiocarbonyl (C=S) groups is 1. The van der Waals surface area contributed by atoms with E-state index >= 15 is 0 Å². The average molecular weight is 486 g/mol. The van der Waals surface area contributed by atoms with Crippen molar-refractivity contribution in [1.82, 2.24) is 10.6 Å². The zero-order chi connectivity index (χ0) is 24.8. The summed E-state index contributed by atoms with van der Waals surface area (Å²) in [5.74, 6) is -1.11. The fourth-order valence-electron chi connectivity index (χ4n) is 3.77. The highest BCUT2D eigenvalue weighted by molar-refractivity contribution is 7.80. The molecule has 12 heteroatoms. The molecule has 0 atom stereocenters. The van der Waals surface area contributed by atoms with Crippen molar-refractivity contribution in [1.29, 1.82) is 0 Å². The fraction of sp³-hybridized carbons (Fsp3) is 0.318. The van der Waals surface area contributed by atoms with Gasteiger partial charge in [-0.05, 0) is 37.2 Å². The number of non-ortho nitro benzene ring substituents is 2. The number of amides is 2. The Labute approximate surface area is 200 Å². The van der Waals surface area contributed by atoms with Gasteiger partial charge in [-0.25, -0.2) is 0 Å². The smallest absolute Gasteiger partial charge is 0.277 e. The molecular formula is C22H23N5O6S. The van der Waals surface area contributed by atoms with E-state index in [2.05, 4.69) is 10.6 Å². The quantitative estimate of drug-likeness (QED) is 0.357. The summed E-state index contributed by atoms with van der Waals surface area (Å²) < 4.78 is 0. The third-order valence-corrected chi connectivity index (χ3v) is 5.94. The summed E-state index contributed by atoms with van der Waals surface area (Å²) in [6.45, 7) is 0. The summed E-state index contributed by atoms with van der Waals surface area (Å²) in [7, 11) is 1.56. The standard InChI is InChI=1S/C22H23N5O6S/c1-25(19-10-6-5-9-18(19)21(29)23-15-7-3-2-4-8-15)22(34)24-20(28)14-11-16(26(30)31)13-17(12-14)27(32)33/h5-6,9-13,15H,2-4,7-8H2,1H3,(H,23,29)(H,24,28,34). The molecule has 3 rings (SSSR count). The molecule has 11 nitrogen and oxygen atoms in total. The SMILES string of the molecule is CN(C(=S)NC(=O)c1cc([N+](=O)[O-])cc([N+](=O)[O-])c1)c1ccccc1C(=O)NC1CCCCC1. The lowest BCUT2D eigenvalue weighted by atomic mass is 9.95. The van der Waals surface area contributed by atoms with E-state index in [-0.39, 0.29) is 22.6 Å². The first-order valence-electron chi connectivity index (χ1n) is 10.6. The minimum absolute atomic E-state index is 0.0860. The zero-order valence-corrected chi connectivity index (χ0v) is 19.2. The van der Waals surface area contributed by atoms with E-state index in [9.17, 15) is 29.8 Å². The Hall–Kier alpha value is -3.93. The molecule has 0 radical (unpaired) electrons. The van der Waals surface area contributed by atoms with Crippen molar-refractivity contribution in [2.24, 2.45) is 0 Å². The summed E-state index contributed by atoms with van der Waals surface area (Å²) in [4.78, 5) is 47.5. The summed E-state index contributed by atoms with van der Waals surface area (Å²) in [6.07, 6.45) is 5.14. The lowest BCUT2D eigenvalue weighted by molar-refractivity contribution is -0.394. The Morgan fingerprint density at radius 1 is 0.971 bits per heavy atom. The largest absolute Gasteiger partial charge is 0.349 e. The maximum atomic E-state index is 12.9. The van der Waals surface area contributed by atoms with E-state index in [0.717, 1.165) is 50.3 Å². The predicted molar refractivity (Wildman–Crippen MR) is 129 cm³/mol. The molecule has 2 aromatic carbocycles. The van der Waals surface area contributed by atoms with Gasteiger partial charge in [-0.2, -0.15) is 0 Å². The van der Waals surface area contributed by atoms with E-state index in [4.69, 9.17) is 12.2 Å². The number of anilines is 1. The maximum absolute atomic E-state index is 12.9. The zero-order valence-electron chi connectivity index (χ0n) is 18.4. The van der Waals surface area contributed by atoms with Gasteiger partial charge in [-0.1, -0.05) is 31.4 Å². The van der Waals surface area contributed by atoms with Crippen molar-refractivity contribution in [3.05, 3.63) is 73.8 Å². The van der Waals surface area contributed by atoms with Gasteiger partial charge in [0.2, 0.25) is 0 Å². The van der Waals surface area contributed by atoms with Gasteiger partial charge in [0, 0.05) is 25.2 Å². The third kappa shape index (κ3) is 5.90. The highest BCUT2D eigenvalue weighted by atomic mass is 32.1. The molecule has 0 bridgehead atoms. The number of nitro groups is 2. The van der Waals surface area contributed by atoms with Crippen LogP contribution in [-0.2, 0) is 0 Å². The molecule has 0 unspecified atom stereocenters. The van der Waals surface area contributed by atoms with Crippen molar-refractivity contribution >= 4 is 46.2 Å². The van der Waals surface area contributed by atoms with Gasteiger partial charge in [-0.15, -0.1) is 0 Å². The molecule has 0 heterocycles. The summed E-state index contributed by atoms with van der Waals surface area (Å²) in [5, 5.41) is 27.6. The van der Waals surface area contributed by atoms with Crippen LogP contribution in [0.2, 0.25) is 0 Å². The second-order valence-electron chi connectivity index (χ2n) is 7.90. The minimum Gasteiger partial charge on any atom is -0.349 e. The molecule has 178 valence electrons. The predicted octanol–water partition coefficient (Wildman–Crippen LogP) is 3.72. The monoisotopic (exact) mass is 485 g/mol. The molecule has 1 fully saturated rings. The molecule has 1 saturated carbocycles. The van der Waals surface area contributed by atoms with Crippen molar-refractivity contribution in [2.75, 3.05) is 11.9 Å². The van der Waals surface area contributed by atoms with Crippen molar-refractivity contribution in [2.45, 2.75) is 38.1 Å². The van der Waals surface area contributed by atoms with Crippen LogP contribution in [0.3, 0.4) is 0 Å². The molecule has 0 spiro atoms. The van der Waals surface area contributed by atoms with Gasteiger partial charge in [0.1, 0.15) is 0 Å². The average Bonchev–Trinajstić information content (AvgIpc) is 2.83.